The van der Waals surface area contributed by atoms with Crippen molar-refractivity contribution in [3.63, 3.8) is 0 Å². The van der Waals surface area contributed by atoms with E-state index in [2.05, 4.69) is 31.1 Å². The zero-order valence-corrected chi connectivity index (χ0v) is 45.2. The predicted molar refractivity (Wildman–Crippen MR) is 287 cm³/mol. The molecule has 6 fully saturated rings. The summed E-state index contributed by atoms with van der Waals surface area (Å²) in [7, 11) is 1.45. The van der Waals surface area contributed by atoms with E-state index >= 15 is 8.78 Å². The molecule has 3 aromatic carbocycles. The first-order valence-electron chi connectivity index (χ1n) is 27.8. The Morgan fingerprint density at radius 1 is 0.823 bits per heavy atom. The number of nitrogens with one attached hydrogen (secondary N) is 1. The zero-order chi connectivity index (χ0) is 54.9. The Labute approximate surface area is 456 Å². The van der Waals surface area contributed by atoms with Crippen LogP contribution in [-0.4, -0.2) is 168 Å². The summed E-state index contributed by atoms with van der Waals surface area (Å²) in [6.45, 7) is 14.4. The third-order valence-electron chi connectivity index (χ3n) is 17.1. The Kier molecular flexibility index (Phi) is 14.0. The number of imide groups is 1. The number of aromatic nitrogens is 3. The number of hydrogen-bond donors (Lipinski definition) is 1. The van der Waals surface area contributed by atoms with E-state index in [1.807, 2.05) is 42.7 Å². The van der Waals surface area contributed by atoms with Crippen molar-refractivity contribution < 1.29 is 51.3 Å². The number of carbonyl (C=O) groups is 4. The number of anilines is 2. The van der Waals surface area contributed by atoms with Crippen molar-refractivity contribution in [2.45, 2.75) is 102 Å². The van der Waals surface area contributed by atoms with Crippen LogP contribution in [0.1, 0.15) is 88.1 Å². The van der Waals surface area contributed by atoms with E-state index < -0.39 is 35.0 Å². The molecule has 8 heterocycles. The largest absolute Gasteiger partial charge is 0.468 e. The maximum Gasteiger partial charge on any atom is 0.410 e. The van der Waals surface area contributed by atoms with Gasteiger partial charge < -0.3 is 38.5 Å². The Bertz CT molecular complexity index is 3220. The molecule has 5 saturated heterocycles. The van der Waals surface area contributed by atoms with Gasteiger partial charge in [0.15, 0.2) is 24.2 Å². The van der Waals surface area contributed by atoms with Crippen LogP contribution in [0, 0.1) is 28.8 Å². The van der Waals surface area contributed by atoms with Crippen LogP contribution in [0.25, 0.3) is 32.9 Å². The molecule has 21 heteroatoms. The number of halogens is 3. The number of piperidine rings is 2. The Hall–Kier alpha value is -6.84. The standard InChI is InChI=1S/C58H67F3N10O8/c1-57(2,3)79-56(75)71-38-6-7-39(71)30-69(29-38)52-43-26-62-50(42-25-40(78-33-76-4)24-35-5-10-44(59)48(60)47(35)42)49(61)51(43)64-55(65-52)77-32-58(15-16-58)31-67-17-13-34(14-18-67)27-66-19-21-68(22-20-66)37-8-9-41-36(23-37)28-70(54(41)74)45-11-12-46(72)63-53(45)73/h5,8-10,23-26,34,38-39,45H,6-7,11-22,27-33H2,1-4H3,(H,63,72,73)/t38?,39?,45-/m0/s1. The Morgan fingerprint density at radius 3 is 2.29 bits per heavy atom. The van der Waals surface area contributed by atoms with Gasteiger partial charge in [-0.05, 0) is 132 Å². The summed E-state index contributed by atoms with van der Waals surface area (Å²) >= 11 is 0. The van der Waals surface area contributed by atoms with Crippen LogP contribution in [0.5, 0.6) is 11.8 Å². The molecule has 7 aliphatic rings. The number of likely N-dealkylation sites (tertiary alicyclic amines) is 1. The van der Waals surface area contributed by atoms with Crippen molar-refractivity contribution >= 4 is 57.0 Å². The van der Waals surface area contributed by atoms with Gasteiger partial charge in [0, 0.05) is 106 Å². The van der Waals surface area contributed by atoms with E-state index in [0.29, 0.717) is 55.3 Å². The van der Waals surface area contributed by atoms with Gasteiger partial charge in [-0.2, -0.15) is 9.97 Å². The van der Waals surface area contributed by atoms with Gasteiger partial charge in [0.2, 0.25) is 11.8 Å². The second kappa shape index (κ2) is 21.0. The van der Waals surface area contributed by atoms with E-state index in [-0.39, 0.29) is 87.9 Å². The molecule has 5 aromatic rings. The number of pyridine rings is 1. The first-order chi connectivity index (χ1) is 38.0. The summed E-state index contributed by atoms with van der Waals surface area (Å²) in [6.07, 6.45) is 7.29. The highest BCUT2D eigenvalue weighted by molar-refractivity contribution is 6.06. The second-order valence-electron chi connectivity index (χ2n) is 23.7. The molecule has 2 unspecified atom stereocenters. The molecule has 6 aliphatic heterocycles. The van der Waals surface area contributed by atoms with Crippen LogP contribution < -0.4 is 24.6 Å². The lowest BCUT2D eigenvalue weighted by molar-refractivity contribution is -0.136. The number of ether oxygens (including phenoxy) is 4. The number of rotatable bonds is 14. The van der Waals surface area contributed by atoms with Crippen LogP contribution >= 0.6 is 0 Å². The third-order valence-corrected chi connectivity index (χ3v) is 17.1. The summed E-state index contributed by atoms with van der Waals surface area (Å²) in [5, 5.41) is 2.81. The molecule has 2 aromatic heterocycles. The zero-order valence-electron chi connectivity index (χ0n) is 45.2. The molecule has 12 rings (SSSR count). The molecular weight excluding hydrogens is 1020 g/mol. The monoisotopic (exact) mass is 1090 g/mol. The minimum absolute atomic E-state index is 0.00694. The average Bonchev–Trinajstić information content (AvgIpc) is 4.20. The summed E-state index contributed by atoms with van der Waals surface area (Å²) in [5.41, 5.74) is 1.45. The van der Waals surface area contributed by atoms with Gasteiger partial charge in [-0.1, -0.05) is 6.07 Å². The molecular formula is C58H67F3N10O8. The lowest BCUT2D eigenvalue weighted by atomic mass is 9.94. The van der Waals surface area contributed by atoms with Crippen molar-refractivity contribution in [3.05, 3.63) is 77.2 Å². The molecule has 1 aliphatic carbocycles. The summed E-state index contributed by atoms with van der Waals surface area (Å²) in [5.74, 6) is -2.74. The lowest BCUT2D eigenvalue weighted by Crippen LogP contribution is -2.57. The van der Waals surface area contributed by atoms with Crippen LogP contribution in [0.15, 0.2) is 48.7 Å². The van der Waals surface area contributed by atoms with Crippen LogP contribution in [0.3, 0.4) is 0 Å². The van der Waals surface area contributed by atoms with Crippen LogP contribution in [-0.2, 0) is 25.6 Å². The molecule has 1 saturated carbocycles. The fourth-order valence-electron chi connectivity index (χ4n) is 12.8. The van der Waals surface area contributed by atoms with Gasteiger partial charge in [-0.15, -0.1) is 0 Å². The Balaban J connectivity index is 0.711. The van der Waals surface area contributed by atoms with E-state index in [0.717, 1.165) is 108 Å². The van der Waals surface area contributed by atoms with Crippen molar-refractivity contribution in [3.8, 4) is 23.0 Å². The summed E-state index contributed by atoms with van der Waals surface area (Å²) in [4.78, 5) is 78.2. The maximum atomic E-state index is 17.5. The number of hydrogen-bond acceptors (Lipinski definition) is 15. The molecule has 18 nitrogen and oxygen atoms in total. The fraction of sp³-hybridized carbons (Fsp3) is 0.534. The quantitative estimate of drug-likeness (QED) is 0.0867. The molecule has 0 radical (unpaired) electrons. The van der Waals surface area contributed by atoms with Crippen LogP contribution in [0.2, 0.25) is 0 Å². The van der Waals surface area contributed by atoms with Gasteiger partial charge >= 0.3 is 12.1 Å². The van der Waals surface area contributed by atoms with Crippen molar-refractivity contribution in [1.29, 1.82) is 0 Å². The molecule has 79 heavy (non-hydrogen) atoms. The van der Waals surface area contributed by atoms with Gasteiger partial charge in [-0.3, -0.25) is 34.5 Å². The number of amides is 4. The van der Waals surface area contributed by atoms with E-state index in [4.69, 9.17) is 28.9 Å². The van der Waals surface area contributed by atoms with Crippen LogP contribution in [0.4, 0.5) is 29.5 Å². The number of benzene rings is 3. The van der Waals surface area contributed by atoms with Crippen molar-refractivity contribution in [2.75, 3.05) is 95.8 Å². The second-order valence-corrected chi connectivity index (χ2v) is 23.7. The smallest absolute Gasteiger partial charge is 0.410 e. The highest BCUT2D eigenvalue weighted by Crippen LogP contribution is 2.48. The van der Waals surface area contributed by atoms with Gasteiger partial charge in [0.25, 0.3) is 5.91 Å². The predicted octanol–water partition coefficient (Wildman–Crippen LogP) is 7.29. The fourth-order valence-corrected chi connectivity index (χ4v) is 12.8. The van der Waals surface area contributed by atoms with Gasteiger partial charge in [-0.25, -0.2) is 18.0 Å². The normalized spacial score (nSPS) is 22.7. The maximum absolute atomic E-state index is 17.5. The minimum atomic E-state index is -1.15. The average molecular weight is 1090 g/mol. The number of piperazine rings is 2. The van der Waals surface area contributed by atoms with Crippen molar-refractivity contribution in [1.82, 2.24) is 39.9 Å². The van der Waals surface area contributed by atoms with Gasteiger partial charge in [0.1, 0.15) is 34.4 Å². The highest BCUT2D eigenvalue weighted by Gasteiger charge is 2.47. The topological polar surface area (TPSA) is 175 Å². The number of fused-ring (bicyclic) bond motifs is 5. The number of nitrogens with zero attached hydrogens (tertiary/aromatic N) is 9. The van der Waals surface area contributed by atoms with E-state index in [1.54, 1.807) is 4.90 Å². The molecule has 4 amide bonds. The van der Waals surface area contributed by atoms with Gasteiger partial charge in [0.05, 0.1) is 24.1 Å². The lowest BCUT2D eigenvalue weighted by Gasteiger charge is -2.42. The molecule has 418 valence electrons. The minimum Gasteiger partial charge on any atom is -0.468 e. The SMILES string of the molecule is COCOc1cc(-c2ncc3c(N4CC5CCC(C4)N5C(=O)OC(C)(C)C)nc(OCC4(CN5CCC(CN6CCN(c7ccc8c(c7)CN([C@H]7CCC(=O)NC7=O)C8=O)CC6)CC5)CC4)nc3c2F)c2c(F)c(F)ccc2c1. The van der Waals surface area contributed by atoms with Crippen molar-refractivity contribution in [2.24, 2.45) is 11.3 Å². The van der Waals surface area contributed by atoms with E-state index in [1.165, 1.54) is 31.5 Å². The molecule has 1 N–H and O–H groups in total. The molecule has 0 spiro atoms. The highest BCUT2D eigenvalue weighted by atomic mass is 19.2. The molecule has 2 bridgehead atoms. The number of methoxy groups -OCH3 is 1. The third kappa shape index (κ3) is 10.6. The van der Waals surface area contributed by atoms with E-state index in [9.17, 15) is 23.6 Å². The summed E-state index contributed by atoms with van der Waals surface area (Å²) < 4.78 is 71.3. The first kappa shape index (κ1) is 52.8. The Morgan fingerprint density at radius 2 is 1.58 bits per heavy atom. The summed E-state index contributed by atoms with van der Waals surface area (Å²) in [6, 6.07) is 10.3. The first-order valence-corrected chi connectivity index (χ1v) is 27.8. The number of carbonyl (C=O) groups excluding carboxylic acids is 4. The molecule has 3 atom stereocenters.